The molecule has 1 aliphatic carbocycles. The normalized spacial score (nSPS) is 22.2. The number of nitrogens with zero attached hydrogens (tertiary/aromatic N) is 1. The van der Waals surface area contributed by atoms with Gasteiger partial charge < -0.3 is 4.90 Å². The Morgan fingerprint density at radius 3 is 1.82 bits per heavy atom. The second-order valence-corrected chi connectivity index (χ2v) is 8.05. The number of rotatable bonds is 10. The van der Waals surface area contributed by atoms with Crippen molar-refractivity contribution in [1.29, 1.82) is 0 Å². The van der Waals surface area contributed by atoms with Crippen LogP contribution in [0.3, 0.4) is 0 Å². The fraction of sp³-hybridized carbons (Fsp3) is 1.00. The van der Waals surface area contributed by atoms with Crippen LogP contribution >= 0.6 is 0 Å². The topological polar surface area (TPSA) is 3.24 Å². The highest BCUT2D eigenvalue weighted by Crippen LogP contribution is 2.35. The number of hydrogen-bond donors (Lipinski definition) is 0. The van der Waals surface area contributed by atoms with Crippen LogP contribution in [0.1, 0.15) is 103 Å². The van der Waals surface area contributed by atoms with Gasteiger partial charge in [-0.05, 0) is 50.7 Å². The molecule has 22 heavy (non-hydrogen) atoms. The van der Waals surface area contributed by atoms with Gasteiger partial charge in [0.2, 0.25) is 0 Å². The number of unbranched alkanes of at least 4 members (excludes halogenated alkanes) is 7. The third-order valence-corrected chi connectivity index (χ3v) is 6.28. The number of piperidine rings is 1. The number of hydrogen-bond acceptors (Lipinski definition) is 1. The molecule has 2 rings (SSSR count). The molecule has 0 aromatic heterocycles. The quantitative estimate of drug-likeness (QED) is 0.421. The van der Waals surface area contributed by atoms with Crippen LogP contribution in [0.5, 0.6) is 0 Å². The predicted octanol–water partition coefficient (Wildman–Crippen LogP) is 6.42. The second kappa shape index (κ2) is 11.5. The van der Waals surface area contributed by atoms with Crippen molar-refractivity contribution in [1.82, 2.24) is 4.90 Å². The van der Waals surface area contributed by atoms with Crippen molar-refractivity contribution >= 4 is 0 Å². The summed E-state index contributed by atoms with van der Waals surface area (Å²) in [6.07, 6.45) is 22.2. The molecule has 1 heterocycles. The Hall–Kier alpha value is -0.0400. The minimum atomic E-state index is 1.08. The van der Waals surface area contributed by atoms with E-state index < -0.39 is 0 Å². The van der Waals surface area contributed by atoms with Crippen molar-refractivity contribution in [2.75, 3.05) is 19.6 Å². The molecule has 0 atom stereocenters. The fourth-order valence-corrected chi connectivity index (χ4v) is 4.72. The first-order chi connectivity index (χ1) is 10.9. The van der Waals surface area contributed by atoms with Gasteiger partial charge in [-0.15, -0.1) is 0 Å². The first kappa shape index (κ1) is 18.3. The second-order valence-electron chi connectivity index (χ2n) is 8.05. The Morgan fingerprint density at radius 2 is 1.18 bits per heavy atom. The van der Waals surface area contributed by atoms with E-state index in [1.165, 1.54) is 103 Å². The van der Waals surface area contributed by atoms with Crippen molar-refractivity contribution in [3.05, 3.63) is 0 Å². The molecule has 0 radical (unpaired) electrons. The Morgan fingerprint density at radius 1 is 0.636 bits per heavy atom. The highest BCUT2D eigenvalue weighted by atomic mass is 15.1. The van der Waals surface area contributed by atoms with Crippen LogP contribution in [0.4, 0.5) is 0 Å². The maximum Gasteiger partial charge on any atom is -0.00160 e. The Balaban J connectivity index is 1.44. The lowest BCUT2D eigenvalue weighted by Gasteiger charge is -2.37. The van der Waals surface area contributed by atoms with E-state index in [2.05, 4.69) is 11.8 Å². The molecule has 1 aliphatic heterocycles. The molecule has 0 amide bonds. The van der Waals surface area contributed by atoms with Crippen molar-refractivity contribution < 1.29 is 0 Å². The molecular formula is C21H41N. The van der Waals surface area contributed by atoms with Crippen molar-refractivity contribution in [2.24, 2.45) is 11.8 Å². The molecule has 1 nitrogen and oxygen atoms in total. The molecule has 0 bridgehead atoms. The molecule has 0 unspecified atom stereocenters. The minimum Gasteiger partial charge on any atom is -0.303 e. The van der Waals surface area contributed by atoms with Gasteiger partial charge in [-0.3, -0.25) is 0 Å². The maximum absolute atomic E-state index is 2.76. The zero-order valence-electron chi connectivity index (χ0n) is 15.3. The maximum atomic E-state index is 2.76. The van der Waals surface area contributed by atoms with E-state index in [-0.39, 0.29) is 0 Å². The van der Waals surface area contributed by atoms with Crippen LogP contribution in [0.2, 0.25) is 0 Å². The van der Waals surface area contributed by atoms with Crippen LogP contribution in [0.15, 0.2) is 0 Å². The zero-order valence-corrected chi connectivity index (χ0v) is 15.3. The summed E-state index contributed by atoms with van der Waals surface area (Å²) in [5.41, 5.74) is 0. The molecule has 1 saturated carbocycles. The average molecular weight is 308 g/mol. The number of likely N-dealkylation sites (tertiary alicyclic amines) is 1. The van der Waals surface area contributed by atoms with E-state index >= 15 is 0 Å². The van der Waals surface area contributed by atoms with Gasteiger partial charge in [0.15, 0.2) is 0 Å². The summed E-state index contributed by atoms with van der Waals surface area (Å²) in [6.45, 7) is 6.49. The van der Waals surface area contributed by atoms with Crippen LogP contribution < -0.4 is 0 Å². The molecule has 1 saturated heterocycles. The summed E-state index contributed by atoms with van der Waals surface area (Å²) in [7, 11) is 0. The first-order valence-electron chi connectivity index (χ1n) is 10.6. The van der Waals surface area contributed by atoms with Crippen LogP contribution in [0, 0.1) is 11.8 Å². The molecule has 0 N–H and O–H groups in total. The van der Waals surface area contributed by atoms with Crippen molar-refractivity contribution in [3.63, 3.8) is 0 Å². The lowest BCUT2D eigenvalue weighted by Crippen LogP contribution is -2.37. The van der Waals surface area contributed by atoms with E-state index in [0.29, 0.717) is 0 Å². The predicted molar refractivity (Wildman–Crippen MR) is 98.3 cm³/mol. The van der Waals surface area contributed by atoms with Gasteiger partial charge in [-0.25, -0.2) is 0 Å². The summed E-state index contributed by atoms with van der Waals surface area (Å²) in [5.74, 6) is 2.18. The van der Waals surface area contributed by atoms with Gasteiger partial charge in [-0.1, -0.05) is 84.0 Å². The SMILES string of the molecule is CCCCCCCCCCN1CCC(C2CCCCC2)CC1. The van der Waals surface area contributed by atoms with E-state index in [1.807, 2.05) is 0 Å². The first-order valence-corrected chi connectivity index (χ1v) is 10.6. The van der Waals surface area contributed by atoms with Crippen LogP contribution in [-0.4, -0.2) is 24.5 Å². The molecule has 130 valence electrons. The van der Waals surface area contributed by atoms with Crippen molar-refractivity contribution in [2.45, 2.75) is 103 Å². The standard InChI is InChI=1S/C21H41N/c1-2-3-4-5-6-7-8-12-17-22-18-15-21(16-19-22)20-13-10-9-11-14-20/h20-21H,2-19H2,1H3. The zero-order chi connectivity index (χ0) is 15.5. The minimum absolute atomic E-state index is 1.08. The Labute approximate surface area is 140 Å². The Bertz CT molecular complexity index is 249. The molecule has 0 aromatic rings. The van der Waals surface area contributed by atoms with Gasteiger partial charge in [0.1, 0.15) is 0 Å². The fourth-order valence-electron chi connectivity index (χ4n) is 4.72. The summed E-state index contributed by atoms with van der Waals surface area (Å²) in [6, 6.07) is 0. The largest absolute Gasteiger partial charge is 0.303 e. The Kier molecular flexibility index (Phi) is 9.56. The highest BCUT2D eigenvalue weighted by molar-refractivity contribution is 4.79. The molecule has 0 spiro atoms. The van der Waals surface area contributed by atoms with Gasteiger partial charge in [0, 0.05) is 0 Å². The van der Waals surface area contributed by atoms with Gasteiger partial charge in [-0.2, -0.15) is 0 Å². The van der Waals surface area contributed by atoms with E-state index in [1.54, 1.807) is 12.8 Å². The molecular weight excluding hydrogens is 266 g/mol. The summed E-state index contributed by atoms with van der Waals surface area (Å²) < 4.78 is 0. The average Bonchev–Trinajstić information content (AvgIpc) is 2.59. The summed E-state index contributed by atoms with van der Waals surface area (Å²) >= 11 is 0. The molecule has 0 aromatic carbocycles. The van der Waals surface area contributed by atoms with E-state index in [4.69, 9.17) is 0 Å². The van der Waals surface area contributed by atoms with Gasteiger partial charge in [0.05, 0.1) is 0 Å². The highest BCUT2D eigenvalue weighted by Gasteiger charge is 2.27. The molecule has 1 heteroatoms. The summed E-state index contributed by atoms with van der Waals surface area (Å²) in [4.78, 5) is 2.76. The van der Waals surface area contributed by atoms with Crippen LogP contribution in [-0.2, 0) is 0 Å². The molecule has 2 fully saturated rings. The van der Waals surface area contributed by atoms with Gasteiger partial charge >= 0.3 is 0 Å². The molecule has 2 aliphatic rings. The van der Waals surface area contributed by atoms with E-state index in [9.17, 15) is 0 Å². The van der Waals surface area contributed by atoms with E-state index in [0.717, 1.165) is 11.8 Å². The lowest BCUT2D eigenvalue weighted by molar-refractivity contribution is 0.125. The lowest BCUT2D eigenvalue weighted by atomic mass is 9.76. The third kappa shape index (κ3) is 7.02. The third-order valence-electron chi connectivity index (χ3n) is 6.28. The smallest absolute Gasteiger partial charge is 0.00160 e. The van der Waals surface area contributed by atoms with Crippen LogP contribution in [0.25, 0.3) is 0 Å². The summed E-state index contributed by atoms with van der Waals surface area (Å²) in [5, 5.41) is 0. The van der Waals surface area contributed by atoms with Crippen molar-refractivity contribution in [3.8, 4) is 0 Å². The van der Waals surface area contributed by atoms with Gasteiger partial charge in [0.25, 0.3) is 0 Å². The monoisotopic (exact) mass is 307 g/mol.